The molecule has 2 rings (SSSR count). The highest BCUT2D eigenvalue weighted by Gasteiger charge is 2.16. The van der Waals surface area contributed by atoms with Crippen molar-refractivity contribution in [2.24, 2.45) is 0 Å². The Bertz CT molecular complexity index is 288. The Labute approximate surface area is 91.7 Å². The maximum absolute atomic E-state index is 5.07. The second-order valence-electron chi connectivity index (χ2n) is 4.36. The molecular formula is C13H19NO. The lowest BCUT2D eigenvalue weighted by atomic mass is 9.86. The van der Waals surface area contributed by atoms with Crippen molar-refractivity contribution < 1.29 is 4.74 Å². The second-order valence-corrected chi connectivity index (χ2v) is 4.36. The van der Waals surface area contributed by atoms with Crippen molar-refractivity contribution in [3.05, 3.63) is 29.6 Å². The molecule has 0 atom stereocenters. The molecule has 1 fully saturated rings. The predicted octanol–water partition coefficient (Wildman–Crippen LogP) is 3.28. The molecule has 2 nitrogen and oxygen atoms in total. The molecule has 1 aromatic heterocycles. The molecule has 1 aromatic rings. The fourth-order valence-electron chi connectivity index (χ4n) is 2.33. The van der Waals surface area contributed by atoms with Gasteiger partial charge in [0.2, 0.25) is 0 Å². The van der Waals surface area contributed by atoms with Crippen molar-refractivity contribution in [1.29, 1.82) is 0 Å². The van der Waals surface area contributed by atoms with Gasteiger partial charge >= 0.3 is 0 Å². The van der Waals surface area contributed by atoms with E-state index in [1.54, 1.807) is 7.11 Å². The van der Waals surface area contributed by atoms with Crippen LogP contribution in [0, 0.1) is 0 Å². The summed E-state index contributed by atoms with van der Waals surface area (Å²) < 4.78 is 5.07. The van der Waals surface area contributed by atoms with Gasteiger partial charge < -0.3 is 4.74 Å². The van der Waals surface area contributed by atoms with E-state index in [1.807, 2.05) is 6.20 Å². The summed E-state index contributed by atoms with van der Waals surface area (Å²) in [4.78, 5) is 4.54. The lowest BCUT2D eigenvalue weighted by molar-refractivity contribution is 0.184. The van der Waals surface area contributed by atoms with Gasteiger partial charge in [0.15, 0.2) is 0 Å². The Morgan fingerprint density at radius 3 is 2.67 bits per heavy atom. The van der Waals surface area contributed by atoms with Gasteiger partial charge in [0.1, 0.15) is 0 Å². The molecule has 0 aliphatic heterocycles. The zero-order valence-corrected chi connectivity index (χ0v) is 9.41. The Kier molecular flexibility index (Phi) is 3.73. The van der Waals surface area contributed by atoms with Crippen LogP contribution in [0.1, 0.15) is 49.3 Å². The van der Waals surface area contributed by atoms with Crippen molar-refractivity contribution in [2.75, 3.05) is 7.11 Å². The highest BCUT2D eigenvalue weighted by atomic mass is 16.5. The fourth-order valence-corrected chi connectivity index (χ4v) is 2.33. The minimum atomic E-state index is 0.665. The fraction of sp³-hybridized carbons (Fsp3) is 0.615. The van der Waals surface area contributed by atoms with Gasteiger partial charge in [-0.15, -0.1) is 0 Å². The summed E-state index contributed by atoms with van der Waals surface area (Å²) in [6.45, 7) is 0.665. The molecule has 0 unspecified atom stereocenters. The highest BCUT2D eigenvalue weighted by Crippen LogP contribution is 2.31. The third-order valence-electron chi connectivity index (χ3n) is 3.18. The number of nitrogens with zero attached hydrogens (tertiary/aromatic N) is 1. The maximum atomic E-state index is 5.07. The van der Waals surface area contributed by atoms with Crippen LogP contribution in [0.2, 0.25) is 0 Å². The van der Waals surface area contributed by atoms with E-state index in [2.05, 4.69) is 17.1 Å². The van der Waals surface area contributed by atoms with E-state index >= 15 is 0 Å². The molecule has 0 saturated heterocycles. The summed E-state index contributed by atoms with van der Waals surface area (Å²) in [5, 5.41) is 0. The Morgan fingerprint density at radius 2 is 2.07 bits per heavy atom. The van der Waals surface area contributed by atoms with Crippen LogP contribution in [0.4, 0.5) is 0 Å². The van der Waals surface area contributed by atoms with Crippen LogP contribution in [0.25, 0.3) is 0 Å². The Hall–Kier alpha value is -0.890. The third kappa shape index (κ3) is 2.78. The van der Waals surface area contributed by atoms with Crippen LogP contribution in [0.15, 0.2) is 18.3 Å². The van der Waals surface area contributed by atoms with Crippen LogP contribution in [0.3, 0.4) is 0 Å². The van der Waals surface area contributed by atoms with Gasteiger partial charge in [-0.05, 0) is 24.5 Å². The summed E-state index contributed by atoms with van der Waals surface area (Å²) in [7, 11) is 1.72. The van der Waals surface area contributed by atoms with Crippen molar-refractivity contribution in [2.45, 2.75) is 44.6 Å². The third-order valence-corrected chi connectivity index (χ3v) is 3.18. The van der Waals surface area contributed by atoms with E-state index in [4.69, 9.17) is 4.74 Å². The zero-order valence-electron chi connectivity index (χ0n) is 9.41. The molecule has 15 heavy (non-hydrogen) atoms. The van der Waals surface area contributed by atoms with Gasteiger partial charge in [-0.1, -0.05) is 25.3 Å². The van der Waals surface area contributed by atoms with E-state index < -0.39 is 0 Å². The summed E-state index contributed by atoms with van der Waals surface area (Å²) in [6.07, 6.45) is 8.72. The first-order chi connectivity index (χ1) is 7.40. The lowest BCUT2D eigenvalue weighted by Gasteiger charge is -2.20. The number of pyridine rings is 1. The van der Waals surface area contributed by atoms with Gasteiger partial charge in [-0.2, -0.15) is 0 Å². The van der Waals surface area contributed by atoms with Crippen LogP contribution in [-0.2, 0) is 11.3 Å². The Balaban J connectivity index is 2.02. The average molecular weight is 205 g/mol. The quantitative estimate of drug-likeness (QED) is 0.755. The van der Waals surface area contributed by atoms with Gasteiger partial charge in [0.05, 0.1) is 6.61 Å². The molecular weight excluding hydrogens is 186 g/mol. The van der Waals surface area contributed by atoms with Crippen LogP contribution in [0.5, 0.6) is 0 Å². The smallest absolute Gasteiger partial charge is 0.0728 e. The average Bonchev–Trinajstić information content (AvgIpc) is 2.32. The molecule has 82 valence electrons. The highest BCUT2D eigenvalue weighted by molar-refractivity contribution is 5.16. The maximum Gasteiger partial charge on any atom is 0.0728 e. The van der Waals surface area contributed by atoms with Crippen molar-refractivity contribution in [3.63, 3.8) is 0 Å². The summed E-state index contributed by atoms with van der Waals surface area (Å²) in [6, 6.07) is 4.31. The van der Waals surface area contributed by atoms with E-state index in [0.29, 0.717) is 12.5 Å². The monoisotopic (exact) mass is 205 g/mol. The van der Waals surface area contributed by atoms with E-state index in [-0.39, 0.29) is 0 Å². The number of aromatic nitrogens is 1. The molecule has 0 radical (unpaired) electrons. The standard InChI is InChI=1S/C13H19NO/c1-15-10-11-7-8-13(14-9-11)12-5-3-2-4-6-12/h7-9,12H,2-6,10H2,1H3. The number of hydrogen-bond acceptors (Lipinski definition) is 2. The SMILES string of the molecule is COCc1ccc(C2CCCCC2)nc1. The number of ether oxygens (including phenoxy) is 1. The summed E-state index contributed by atoms with van der Waals surface area (Å²) >= 11 is 0. The number of rotatable bonds is 3. The minimum absolute atomic E-state index is 0.665. The molecule has 1 saturated carbocycles. The van der Waals surface area contributed by atoms with E-state index in [1.165, 1.54) is 37.8 Å². The topological polar surface area (TPSA) is 22.1 Å². The van der Waals surface area contributed by atoms with Crippen LogP contribution >= 0.6 is 0 Å². The van der Waals surface area contributed by atoms with E-state index in [9.17, 15) is 0 Å². The van der Waals surface area contributed by atoms with Gasteiger partial charge in [-0.25, -0.2) is 0 Å². The number of methoxy groups -OCH3 is 1. The molecule has 2 heteroatoms. The molecule has 1 aliphatic rings. The summed E-state index contributed by atoms with van der Waals surface area (Å²) in [5.41, 5.74) is 2.44. The molecule has 0 bridgehead atoms. The summed E-state index contributed by atoms with van der Waals surface area (Å²) in [5.74, 6) is 0.704. The molecule has 1 heterocycles. The predicted molar refractivity (Wildman–Crippen MR) is 60.8 cm³/mol. The minimum Gasteiger partial charge on any atom is -0.380 e. The zero-order chi connectivity index (χ0) is 10.5. The van der Waals surface area contributed by atoms with Crippen molar-refractivity contribution >= 4 is 0 Å². The molecule has 0 N–H and O–H groups in total. The van der Waals surface area contributed by atoms with Crippen molar-refractivity contribution in [1.82, 2.24) is 4.98 Å². The first-order valence-electron chi connectivity index (χ1n) is 5.84. The molecule has 1 aliphatic carbocycles. The van der Waals surface area contributed by atoms with Gasteiger partial charge in [0.25, 0.3) is 0 Å². The largest absolute Gasteiger partial charge is 0.380 e. The lowest BCUT2D eigenvalue weighted by Crippen LogP contribution is -2.06. The Morgan fingerprint density at radius 1 is 1.27 bits per heavy atom. The van der Waals surface area contributed by atoms with Crippen molar-refractivity contribution in [3.8, 4) is 0 Å². The normalized spacial score (nSPS) is 17.9. The van der Waals surface area contributed by atoms with Crippen LogP contribution < -0.4 is 0 Å². The molecule has 0 amide bonds. The molecule has 0 aromatic carbocycles. The van der Waals surface area contributed by atoms with E-state index in [0.717, 1.165) is 5.56 Å². The van der Waals surface area contributed by atoms with Gasteiger partial charge in [-0.3, -0.25) is 4.98 Å². The second kappa shape index (κ2) is 5.26. The van der Waals surface area contributed by atoms with Gasteiger partial charge in [0, 0.05) is 24.9 Å². The number of hydrogen-bond donors (Lipinski definition) is 0. The first-order valence-corrected chi connectivity index (χ1v) is 5.84. The molecule has 0 spiro atoms. The first kappa shape index (κ1) is 10.6. The van der Waals surface area contributed by atoms with Crippen LogP contribution in [-0.4, -0.2) is 12.1 Å².